The number of H-pyrrole nitrogens is 1. The lowest BCUT2D eigenvalue weighted by Gasteiger charge is -1.98. The molecular weight excluding hydrogens is 215 g/mol. The van der Waals surface area contributed by atoms with E-state index >= 15 is 0 Å². The second kappa shape index (κ2) is 3.70. The highest BCUT2D eigenvalue weighted by molar-refractivity contribution is 5.92. The van der Waals surface area contributed by atoms with Gasteiger partial charge >= 0.3 is 0 Å². The van der Waals surface area contributed by atoms with Crippen LogP contribution in [0.5, 0.6) is 0 Å². The van der Waals surface area contributed by atoms with Crippen LogP contribution in [0.25, 0.3) is 22.2 Å². The minimum atomic E-state index is -0.253. The Labute approximate surface area is 98.1 Å². The van der Waals surface area contributed by atoms with E-state index in [1.807, 2.05) is 31.2 Å². The van der Waals surface area contributed by atoms with Gasteiger partial charge in [-0.15, -0.1) is 0 Å². The molecule has 0 aliphatic rings. The highest BCUT2D eigenvalue weighted by Gasteiger charge is 2.08. The molecule has 0 unspecified atom stereocenters. The summed E-state index contributed by atoms with van der Waals surface area (Å²) in [5.74, 6) is -0.253. The van der Waals surface area contributed by atoms with E-state index in [-0.39, 0.29) is 5.82 Å². The number of nitrogens with zero attached hydrogens (tertiary/aromatic N) is 1. The van der Waals surface area contributed by atoms with Crippen molar-refractivity contribution < 1.29 is 4.39 Å². The third-order valence-corrected chi connectivity index (χ3v) is 2.85. The van der Waals surface area contributed by atoms with Gasteiger partial charge in [0, 0.05) is 10.9 Å². The average molecular weight is 226 g/mol. The maximum atomic E-state index is 13.1. The van der Waals surface area contributed by atoms with E-state index in [2.05, 4.69) is 10.2 Å². The molecule has 0 saturated carbocycles. The summed E-state index contributed by atoms with van der Waals surface area (Å²) in [5.41, 5.74) is 3.83. The van der Waals surface area contributed by atoms with Crippen LogP contribution in [0.3, 0.4) is 0 Å². The van der Waals surface area contributed by atoms with Crippen LogP contribution >= 0.6 is 0 Å². The van der Waals surface area contributed by atoms with Crippen molar-refractivity contribution in [1.29, 1.82) is 0 Å². The van der Waals surface area contributed by atoms with Gasteiger partial charge < -0.3 is 0 Å². The number of fused-ring (bicyclic) bond motifs is 1. The molecule has 0 fully saturated rings. The number of aromatic nitrogens is 2. The molecule has 1 aromatic heterocycles. The maximum absolute atomic E-state index is 13.1. The van der Waals surface area contributed by atoms with Crippen LogP contribution in [-0.2, 0) is 0 Å². The third-order valence-electron chi connectivity index (χ3n) is 2.85. The maximum Gasteiger partial charge on any atom is 0.125 e. The Morgan fingerprint density at radius 3 is 2.59 bits per heavy atom. The predicted molar refractivity (Wildman–Crippen MR) is 66.2 cm³/mol. The lowest BCUT2D eigenvalue weighted by atomic mass is 10.1. The van der Waals surface area contributed by atoms with Gasteiger partial charge in [0.25, 0.3) is 0 Å². The minimum absolute atomic E-state index is 0.253. The first-order valence-corrected chi connectivity index (χ1v) is 5.45. The Morgan fingerprint density at radius 2 is 1.82 bits per heavy atom. The zero-order valence-corrected chi connectivity index (χ0v) is 9.37. The summed E-state index contributed by atoms with van der Waals surface area (Å²) in [6.07, 6.45) is 0. The predicted octanol–water partition coefficient (Wildman–Crippen LogP) is 3.68. The fourth-order valence-corrected chi connectivity index (χ4v) is 1.92. The Morgan fingerprint density at radius 1 is 1.06 bits per heavy atom. The molecule has 3 aromatic rings. The molecule has 1 heterocycles. The normalized spacial score (nSPS) is 10.9. The first kappa shape index (κ1) is 10.0. The van der Waals surface area contributed by atoms with Crippen LogP contribution < -0.4 is 0 Å². The largest absolute Gasteiger partial charge is 0.277 e. The zero-order chi connectivity index (χ0) is 11.8. The lowest BCUT2D eigenvalue weighted by Crippen LogP contribution is -1.79. The topological polar surface area (TPSA) is 28.7 Å². The molecule has 0 amide bonds. The van der Waals surface area contributed by atoms with Gasteiger partial charge in [0.15, 0.2) is 0 Å². The van der Waals surface area contributed by atoms with E-state index in [1.165, 1.54) is 17.7 Å². The number of hydrogen-bond acceptors (Lipinski definition) is 1. The molecule has 0 aliphatic heterocycles. The number of halogens is 1. The van der Waals surface area contributed by atoms with Gasteiger partial charge in [0.2, 0.25) is 0 Å². The van der Waals surface area contributed by atoms with Crippen molar-refractivity contribution >= 4 is 10.9 Å². The number of aryl methyl sites for hydroxylation is 1. The van der Waals surface area contributed by atoms with Gasteiger partial charge in [0.05, 0.1) is 11.2 Å². The summed E-state index contributed by atoms with van der Waals surface area (Å²) in [6, 6.07) is 12.8. The molecule has 17 heavy (non-hydrogen) atoms. The summed E-state index contributed by atoms with van der Waals surface area (Å²) < 4.78 is 13.1. The standard InChI is InChI=1S/C14H11FN2/c1-9-2-4-10(5-3-9)14-12-7-6-11(15)8-13(12)16-17-14/h2-8H,1H3,(H,16,17). The van der Waals surface area contributed by atoms with Gasteiger partial charge in [-0.2, -0.15) is 5.10 Å². The van der Waals surface area contributed by atoms with E-state index < -0.39 is 0 Å². The smallest absolute Gasteiger partial charge is 0.125 e. The minimum Gasteiger partial charge on any atom is -0.277 e. The second-order valence-electron chi connectivity index (χ2n) is 4.13. The fraction of sp³-hybridized carbons (Fsp3) is 0.0714. The van der Waals surface area contributed by atoms with E-state index in [1.54, 1.807) is 6.07 Å². The lowest BCUT2D eigenvalue weighted by molar-refractivity contribution is 0.629. The Hall–Kier alpha value is -2.16. The van der Waals surface area contributed by atoms with Gasteiger partial charge in [-0.1, -0.05) is 29.8 Å². The van der Waals surface area contributed by atoms with Crippen LogP contribution in [0.1, 0.15) is 5.56 Å². The highest BCUT2D eigenvalue weighted by Crippen LogP contribution is 2.26. The first-order chi connectivity index (χ1) is 8.24. The van der Waals surface area contributed by atoms with Gasteiger partial charge in [-0.05, 0) is 25.1 Å². The Kier molecular flexibility index (Phi) is 2.18. The molecule has 3 heteroatoms. The Balaban J connectivity index is 2.21. The zero-order valence-electron chi connectivity index (χ0n) is 9.37. The summed E-state index contributed by atoms with van der Waals surface area (Å²) in [5, 5.41) is 8.04. The molecule has 0 spiro atoms. The number of rotatable bonds is 1. The second-order valence-corrected chi connectivity index (χ2v) is 4.13. The molecule has 0 aliphatic carbocycles. The molecule has 2 nitrogen and oxygen atoms in total. The molecule has 0 atom stereocenters. The average Bonchev–Trinajstić information content (AvgIpc) is 2.73. The van der Waals surface area contributed by atoms with Gasteiger partial charge in [-0.3, -0.25) is 5.10 Å². The highest BCUT2D eigenvalue weighted by atomic mass is 19.1. The summed E-state index contributed by atoms with van der Waals surface area (Å²) in [7, 11) is 0. The summed E-state index contributed by atoms with van der Waals surface area (Å²) in [6.45, 7) is 2.04. The first-order valence-electron chi connectivity index (χ1n) is 5.45. The number of nitrogens with one attached hydrogen (secondary N) is 1. The number of hydrogen-bond donors (Lipinski definition) is 1. The van der Waals surface area contributed by atoms with Crippen molar-refractivity contribution in [2.75, 3.05) is 0 Å². The van der Waals surface area contributed by atoms with Crippen molar-refractivity contribution in [3.05, 3.63) is 53.8 Å². The van der Waals surface area contributed by atoms with Crippen LogP contribution in [0, 0.1) is 12.7 Å². The molecule has 1 N–H and O–H groups in total. The number of benzene rings is 2. The third kappa shape index (κ3) is 1.69. The monoisotopic (exact) mass is 226 g/mol. The molecule has 0 saturated heterocycles. The van der Waals surface area contributed by atoms with E-state index in [0.717, 1.165) is 22.2 Å². The SMILES string of the molecule is Cc1ccc(-c2n[nH]c3cc(F)ccc23)cc1. The summed E-state index contributed by atoms with van der Waals surface area (Å²) in [4.78, 5) is 0. The molecule has 0 radical (unpaired) electrons. The van der Waals surface area contributed by atoms with Crippen molar-refractivity contribution in [1.82, 2.24) is 10.2 Å². The number of aromatic amines is 1. The fourth-order valence-electron chi connectivity index (χ4n) is 1.92. The van der Waals surface area contributed by atoms with Crippen LogP contribution in [-0.4, -0.2) is 10.2 Å². The molecular formula is C14H11FN2. The molecule has 0 bridgehead atoms. The van der Waals surface area contributed by atoms with E-state index in [0.29, 0.717) is 0 Å². The molecule has 3 rings (SSSR count). The molecule has 2 aromatic carbocycles. The van der Waals surface area contributed by atoms with Crippen LogP contribution in [0.15, 0.2) is 42.5 Å². The molecule has 84 valence electrons. The van der Waals surface area contributed by atoms with Crippen LogP contribution in [0.2, 0.25) is 0 Å². The van der Waals surface area contributed by atoms with Gasteiger partial charge in [0.1, 0.15) is 5.82 Å². The quantitative estimate of drug-likeness (QED) is 0.673. The van der Waals surface area contributed by atoms with Crippen LogP contribution in [0.4, 0.5) is 4.39 Å². The van der Waals surface area contributed by atoms with Gasteiger partial charge in [-0.25, -0.2) is 4.39 Å². The Bertz CT molecular complexity index is 668. The van der Waals surface area contributed by atoms with E-state index in [4.69, 9.17) is 0 Å². The van der Waals surface area contributed by atoms with E-state index in [9.17, 15) is 4.39 Å². The van der Waals surface area contributed by atoms with Crippen molar-refractivity contribution in [2.45, 2.75) is 6.92 Å². The summed E-state index contributed by atoms with van der Waals surface area (Å²) >= 11 is 0. The van der Waals surface area contributed by atoms with Crippen molar-refractivity contribution in [2.24, 2.45) is 0 Å². The van der Waals surface area contributed by atoms with Crippen molar-refractivity contribution in [3.63, 3.8) is 0 Å². The van der Waals surface area contributed by atoms with Crippen molar-refractivity contribution in [3.8, 4) is 11.3 Å².